The van der Waals surface area contributed by atoms with Crippen molar-refractivity contribution in [3.05, 3.63) is 29.0 Å². The van der Waals surface area contributed by atoms with Gasteiger partial charge in [-0.3, -0.25) is 0 Å². The van der Waals surface area contributed by atoms with Crippen LogP contribution in [0.25, 0.3) is 11.0 Å². The highest BCUT2D eigenvalue weighted by molar-refractivity contribution is 6.35. The number of halogens is 1. The Morgan fingerprint density at radius 1 is 1.43 bits per heavy atom. The zero-order valence-electron chi connectivity index (χ0n) is 12.5. The highest BCUT2D eigenvalue weighted by Gasteiger charge is 2.42. The number of fused-ring (bicyclic) bond motifs is 1. The maximum Gasteiger partial charge on any atom is 0.130 e. The standard InChI is InChI=1S/C17H22ClN3/c1-2-9-17(10-4-11-19-17)16-20-14-6-3-5-13(18)15(14)21(16)12-7-8-12/h3,5-6,12,19H,2,4,7-11H2,1H3. The zero-order valence-corrected chi connectivity index (χ0v) is 13.3. The molecule has 2 aliphatic rings. The van der Waals surface area contributed by atoms with Crippen molar-refractivity contribution in [1.82, 2.24) is 14.9 Å². The van der Waals surface area contributed by atoms with Crippen molar-refractivity contribution in [2.45, 2.75) is 57.0 Å². The molecule has 1 aromatic carbocycles. The highest BCUT2D eigenvalue weighted by atomic mass is 35.5. The molecule has 112 valence electrons. The van der Waals surface area contributed by atoms with Gasteiger partial charge in [-0.25, -0.2) is 4.98 Å². The lowest BCUT2D eigenvalue weighted by Gasteiger charge is -2.29. The van der Waals surface area contributed by atoms with Crippen LogP contribution < -0.4 is 5.32 Å². The quantitative estimate of drug-likeness (QED) is 0.907. The van der Waals surface area contributed by atoms with E-state index in [1.807, 2.05) is 12.1 Å². The molecule has 0 spiro atoms. The van der Waals surface area contributed by atoms with Gasteiger partial charge in [0.15, 0.2) is 0 Å². The van der Waals surface area contributed by atoms with Crippen LogP contribution in [-0.4, -0.2) is 16.1 Å². The van der Waals surface area contributed by atoms with Gasteiger partial charge < -0.3 is 9.88 Å². The van der Waals surface area contributed by atoms with Gasteiger partial charge in [-0.15, -0.1) is 0 Å². The van der Waals surface area contributed by atoms with E-state index >= 15 is 0 Å². The molecule has 4 heteroatoms. The molecule has 1 unspecified atom stereocenters. The number of nitrogens with one attached hydrogen (secondary N) is 1. The lowest BCUT2D eigenvalue weighted by molar-refractivity contribution is 0.322. The molecular formula is C17H22ClN3. The molecule has 21 heavy (non-hydrogen) atoms. The molecule has 1 N–H and O–H groups in total. The van der Waals surface area contributed by atoms with Gasteiger partial charge in [0, 0.05) is 6.04 Å². The minimum atomic E-state index is 0.0552. The molecule has 4 rings (SSSR count). The summed E-state index contributed by atoms with van der Waals surface area (Å²) in [6, 6.07) is 6.69. The Labute approximate surface area is 130 Å². The van der Waals surface area contributed by atoms with E-state index in [9.17, 15) is 0 Å². The first kappa shape index (κ1) is 13.6. The third-order valence-electron chi connectivity index (χ3n) is 4.92. The summed E-state index contributed by atoms with van der Waals surface area (Å²) < 4.78 is 2.45. The molecular weight excluding hydrogens is 282 g/mol. The molecule has 0 amide bonds. The average Bonchev–Trinajstić information content (AvgIpc) is 3.06. The van der Waals surface area contributed by atoms with E-state index in [0.717, 1.165) is 29.0 Å². The Morgan fingerprint density at radius 2 is 2.29 bits per heavy atom. The van der Waals surface area contributed by atoms with Crippen molar-refractivity contribution in [3.8, 4) is 0 Å². The summed E-state index contributed by atoms with van der Waals surface area (Å²) in [6.07, 6.45) is 7.27. The minimum absolute atomic E-state index is 0.0552. The van der Waals surface area contributed by atoms with Crippen molar-refractivity contribution in [3.63, 3.8) is 0 Å². The van der Waals surface area contributed by atoms with Crippen LogP contribution in [-0.2, 0) is 5.54 Å². The summed E-state index contributed by atoms with van der Waals surface area (Å²) in [7, 11) is 0. The van der Waals surface area contributed by atoms with E-state index in [-0.39, 0.29) is 5.54 Å². The predicted molar refractivity (Wildman–Crippen MR) is 86.8 cm³/mol. The molecule has 0 radical (unpaired) electrons. The van der Waals surface area contributed by atoms with Crippen LogP contribution in [0.1, 0.15) is 57.3 Å². The first-order valence-corrected chi connectivity index (χ1v) is 8.55. The first-order valence-electron chi connectivity index (χ1n) is 8.17. The first-order chi connectivity index (χ1) is 10.2. The van der Waals surface area contributed by atoms with Crippen molar-refractivity contribution >= 4 is 22.6 Å². The van der Waals surface area contributed by atoms with Crippen LogP contribution in [0.2, 0.25) is 5.02 Å². The summed E-state index contributed by atoms with van der Waals surface area (Å²) in [5.41, 5.74) is 2.24. The van der Waals surface area contributed by atoms with Crippen LogP contribution in [0.5, 0.6) is 0 Å². The van der Waals surface area contributed by atoms with Crippen LogP contribution in [0.3, 0.4) is 0 Å². The summed E-state index contributed by atoms with van der Waals surface area (Å²) in [4.78, 5) is 5.02. The molecule has 1 aromatic heterocycles. The van der Waals surface area contributed by atoms with Gasteiger partial charge in [-0.1, -0.05) is 31.0 Å². The second kappa shape index (κ2) is 4.99. The second-order valence-corrected chi connectivity index (χ2v) is 6.91. The van der Waals surface area contributed by atoms with Gasteiger partial charge in [0.1, 0.15) is 5.82 Å². The number of hydrogen-bond donors (Lipinski definition) is 1. The van der Waals surface area contributed by atoms with E-state index in [2.05, 4.69) is 22.9 Å². The number of benzene rings is 1. The van der Waals surface area contributed by atoms with Crippen molar-refractivity contribution in [2.24, 2.45) is 0 Å². The Hall–Kier alpha value is -1.06. The Kier molecular flexibility index (Phi) is 3.23. The van der Waals surface area contributed by atoms with E-state index in [1.165, 1.54) is 37.9 Å². The van der Waals surface area contributed by atoms with Gasteiger partial charge in [0.25, 0.3) is 0 Å². The lowest BCUT2D eigenvalue weighted by atomic mass is 9.90. The van der Waals surface area contributed by atoms with Crippen molar-refractivity contribution in [1.29, 1.82) is 0 Å². The maximum absolute atomic E-state index is 6.50. The Balaban J connectivity index is 1.95. The van der Waals surface area contributed by atoms with E-state index in [4.69, 9.17) is 16.6 Å². The molecule has 1 aliphatic carbocycles. The van der Waals surface area contributed by atoms with Gasteiger partial charge in [-0.05, 0) is 50.8 Å². The number of nitrogens with zero attached hydrogens (tertiary/aromatic N) is 2. The highest BCUT2D eigenvalue weighted by Crippen LogP contribution is 2.45. The number of hydrogen-bond acceptors (Lipinski definition) is 2. The summed E-state index contributed by atoms with van der Waals surface area (Å²) in [6.45, 7) is 3.36. The lowest BCUT2D eigenvalue weighted by Crippen LogP contribution is -2.39. The molecule has 1 saturated carbocycles. The SMILES string of the molecule is CCCC1(c2nc3cccc(Cl)c3n2C2CC2)CCCN1. The summed E-state index contributed by atoms with van der Waals surface area (Å²) in [5.74, 6) is 1.23. The van der Waals surface area contributed by atoms with Crippen LogP contribution in [0.15, 0.2) is 18.2 Å². The third-order valence-corrected chi connectivity index (χ3v) is 5.23. The average molecular weight is 304 g/mol. The maximum atomic E-state index is 6.50. The molecule has 3 nitrogen and oxygen atoms in total. The van der Waals surface area contributed by atoms with Crippen LogP contribution >= 0.6 is 11.6 Å². The van der Waals surface area contributed by atoms with Gasteiger partial charge in [0.2, 0.25) is 0 Å². The summed E-state index contributed by atoms with van der Waals surface area (Å²) >= 11 is 6.50. The van der Waals surface area contributed by atoms with Crippen LogP contribution in [0, 0.1) is 0 Å². The molecule has 0 bridgehead atoms. The fraction of sp³-hybridized carbons (Fsp3) is 0.588. The number of rotatable bonds is 4. The van der Waals surface area contributed by atoms with E-state index < -0.39 is 0 Å². The molecule has 2 heterocycles. The monoisotopic (exact) mass is 303 g/mol. The van der Waals surface area contributed by atoms with Crippen LogP contribution in [0.4, 0.5) is 0 Å². The molecule has 2 aromatic rings. The Bertz CT molecular complexity index is 666. The largest absolute Gasteiger partial charge is 0.322 e. The molecule has 1 aliphatic heterocycles. The predicted octanol–water partition coefficient (Wildman–Crippen LogP) is 4.40. The molecule has 1 saturated heterocycles. The van der Waals surface area contributed by atoms with Crippen molar-refractivity contribution < 1.29 is 0 Å². The Morgan fingerprint density at radius 3 is 2.95 bits per heavy atom. The molecule has 2 fully saturated rings. The normalized spacial score (nSPS) is 25.8. The smallest absolute Gasteiger partial charge is 0.130 e. The fourth-order valence-corrected chi connectivity index (χ4v) is 4.14. The third kappa shape index (κ3) is 2.09. The minimum Gasteiger partial charge on any atom is -0.322 e. The number of imidazole rings is 1. The van der Waals surface area contributed by atoms with Gasteiger partial charge in [0.05, 0.1) is 21.6 Å². The van der Waals surface area contributed by atoms with E-state index in [1.54, 1.807) is 0 Å². The summed E-state index contributed by atoms with van der Waals surface area (Å²) in [5, 5.41) is 4.60. The number of aromatic nitrogens is 2. The fourth-order valence-electron chi connectivity index (χ4n) is 3.88. The second-order valence-electron chi connectivity index (χ2n) is 6.51. The molecule has 1 atom stereocenters. The number of para-hydroxylation sites is 1. The zero-order chi connectivity index (χ0) is 14.4. The van der Waals surface area contributed by atoms with E-state index in [0.29, 0.717) is 6.04 Å². The van der Waals surface area contributed by atoms with Crippen molar-refractivity contribution in [2.75, 3.05) is 6.54 Å². The van der Waals surface area contributed by atoms with Gasteiger partial charge >= 0.3 is 0 Å². The van der Waals surface area contributed by atoms with Gasteiger partial charge in [-0.2, -0.15) is 0 Å². The topological polar surface area (TPSA) is 29.9 Å².